The van der Waals surface area contributed by atoms with Gasteiger partial charge in [0.05, 0.1) is 0 Å². The van der Waals surface area contributed by atoms with Crippen molar-refractivity contribution in [1.82, 2.24) is 0 Å². The molecule has 4 heteroatoms. The Hall–Kier alpha value is -3.14. The van der Waals surface area contributed by atoms with E-state index in [0.29, 0.717) is 5.69 Å². The molecule has 3 aromatic rings. The molecular formula is C22H21FN2O. The minimum atomic E-state index is -0.596. The maximum absolute atomic E-state index is 13.2. The fourth-order valence-corrected chi connectivity index (χ4v) is 2.73. The molecule has 26 heavy (non-hydrogen) atoms. The van der Waals surface area contributed by atoms with Crippen molar-refractivity contribution in [3.05, 3.63) is 95.3 Å². The van der Waals surface area contributed by atoms with Gasteiger partial charge < -0.3 is 10.6 Å². The number of hydrogen-bond donors (Lipinski definition) is 2. The van der Waals surface area contributed by atoms with E-state index in [9.17, 15) is 9.18 Å². The lowest BCUT2D eigenvalue weighted by Gasteiger charge is -2.21. The standard InChI is InChI=1S/C22H21FN2O/c1-15-8-9-16(2)20(14-15)25-22(26)21(17-6-4-3-5-7-17)24-19-12-10-18(23)11-13-19/h3-14,21,24H,1-2H3,(H,25,26)/t21-/m1/s1. The Morgan fingerprint density at radius 3 is 2.31 bits per heavy atom. The number of hydrogen-bond acceptors (Lipinski definition) is 2. The quantitative estimate of drug-likeness (QED) is 0.662. The lowest BCUT2D eigenvalue weighted by molar-refractivity contribution is -0.117. The van der Waals surface area contributed by atoms with Gasteiger partial charge in [0.25, 0.3) is 5.91 Å². The van der Waals surface area contributed by atoms with E-state index in [2.05, 4.69) is 10.6 Å². The summed E-state index contributed by atoms with van der Waals surface area (Å²) in [6, 6.07) is 20.8. The van der Waals surface area contributed by atoms with Crippen molar-refractivity contribution in [2.45, 2.75) is 19.9 Å². The van der Waals surface area contributed by atoms with Crippen molar-refractivity contribution in [2.24, 2.45) is 0 Å². The van der Waals surface area contributed by atoms with Gasteiger partial charge in [-0.1, -0.05) is 42.5 Å². The fourth-order valence-electron chi connectivity index (χ4n) is 2.73. The lowest BCUT2D eigenvalue weighted by atomic mass is 10.0. The second-order valence-electron chi connectivity index (χ2n) is 6.30. The predicted octanol–water partition coefficient (Wildman–Crippen LogP) is 5.23. The van der Waals surface area contributed by atoms with Crippen molar-refractivity contribution in [3.8, 4) is 0 Å². The van der Waals surface area contributed by atoms with Crippen LogP contribution in [0.4, 0.5) is 15.8 Å². The molecule has 132 valence electrons. The molecule has 0 fully saturated rings. The summed E-state index contributed by atoms with van der Waals surface area (Å²) in [7, 11) is 0. The summed E-state index contributed by atoms with van der Waals surface area (Å²) in [5.74, 6) is -0.485. The van der Waals surface area contributed by atoms with Gasteiger partial charge in [0.1, 0.15) is 11.9 Å². The van der Waals surface area contributed by atoms with E-state index in [1.807, 2.05) is 62.4 Å². The Bertz CT molecular complexity index is 892. The van der Waals surface area contributed by atoms with Crippen LogP contribution in [-0.2, 0) is 4.79 Å². The first-order valence-corrected chi connectivity index (χ1v) is 8.48. The summed E-state index contributed by atoms with van der Waals surface area (Å²) in [4.78, 5) is 13.0. The van der Waals surface area contributed by atoms with E-state index in [-0.39, 0.29) is 11.7 Å². The van der Waals surface area contributed by atoms with Crippen LogP contribution in [0.15, 0.2) is 72.8 Å². The molecule has 3 rings (SSSR count). The number of amides is 1. The van der Waals surface area contributed by atoms with E-state index in [1.54, 1.807) is 12.1 Å². The lowest BCUT2D eigenvalue weighted by Crippen LogP contribution is -2.27. The topological polar surface area (TPSA) is 41.1 Å². The van der Waals surface area contributed by atoms with Gasteiger partial charge >= 0.3 is 0 Å². The molecule has 0 bridgehead atoms. The molecular weight excluding hydrogens is 327 g/mol. The molecule has 0 aliphatic rings. The summed E-state index contributed by atoms with van der Waals surface area (Å²) >= 11 is 0. The van der Waals surface area contributed by atoms with E-state index < -0.39 is 6.04 Å². The van der Waals surface area contributed by atoms with Crippen LogP contribution >= 0.6 is 0 Å². The number of nitrogens with one attached hydrogen (secondary N) is 2. The van der Waals surface area contributed by atoms with Gasteiger partial charge in [-0.3, -0.25) is 4.79 Å². The highest BCUT2D eigenvalue weighted by Gasteiger charge is 2.21. The molecule has 1 amide bonds. The van der Waals surface area contributed by atoms with E-state index in [0.717, 1.165) is 22.4 Å². The molecule has 1 atom stereocenters. The summed E-state index contributed by atoms with van der Waals surface area (Å²) in [6.07, 6.45) is 0. The third-order valence-electron chi connectivity index (χ3n) is 4.20. The van der Waals surface area contributed by atoms with Gasteiger partial charge in [-0.25, -0.2) is 4.39 Å². The van der Waals surface area contributed by atoms with Crippen molar-refractivity contribution in [2.75, 3.05) is 10.6 Å². The van der Waals surface area contributed by atoms with Gasteiger partial charge in [-0.15, -0.1) is 0 Å². The molecule has 0 heterocycles. The summed E-state index contributed by atoms with van der Waals surface area (Å²) in [6.45, 7) is 3.94. The highest BCUT2D eigenvalue weighted by molar-refractivity contribution is 5.97. The maximum atomic E-state index is 13.2. The molecule has 0 aromatic heterocycles. The molecule has 0 aliphatic heterocycles. The smallest absolute Gasteiger partial charge is 0.251 e. The van der Waals surface area contributed by atoms with E-state index in [1.165, 1.54) is 12.1 Å². The summed E-state index contributed by atoms with van der Waals surface area (Å²) in [5.41, 5.74) is 4.37. The van der Waals surface area contributed by atoms with Crippen LogP contribution in [-0.4, -0.2) is 5.91 Å². The zero-order chi connectivity index (χ0) is 18.5. The van der Waals surface area contributed by atoms with Crippen LogP contribution in [0.25, 0.3) is 0 Å². The molecule has 0 spiro atoms. The largest absolute Gasteiger partial charge is 0.370 e. The Morgan fingerprint density at radius 2 is 1.62 bits per heavy atom. The Labute approximate surface area is 152 Å². The average Bonchev–Trinajstić information content (AvgIpc) is 2.65. The highest BCUT2D eigenvalue weighted by atomic mass is 19.1. The van der Waals surface area contributed by atoms with Gasteiger partial charge in [0, 0.05) is 11.4 Å². The van der Waals surface area contributed by atoms with Crippen LogP contribution in [0.1, 0.15) is 22.7 Å². The van der Waals surface area contributed by atoms with Crippen molar-refractivity contribution in [3.63, 3.8) is 0 Å². The zero-order valence-corrected chi connectivity index (χ0v) is 14.8. The van der Waals surface area contributed by atoms with E-state index >= 15 is 0 Å². The normalized spacial score (nSPS) is 11.7. The maximum Gasteiger partial charge on any atom is 0.251 e. The number of benzene rings is 3. The molecule has 0 unspecified atom stereocenters. The van der Waals surface area contributed by atoms with E-state index in [4.69, 9.17) is 0 Å². The van der Waals surface area contributed by atoms with Crippen LogP contribution in [0.2, 0.25) is 0 Å². The highest BCUT2D eigenvalue weighted by Crippen LogP contribution is 2.23. The first-order valence-electron chi connectivity index (χ1n) is 8.48. The van der Waals surface area contributed by atoms with Crippen LogP contribution in [0.3, 0.4) is 0 Å². The van der Waals surface area contributed by atoms with Crippen LogP contribution < -0.4 is 10.6 Å². The molecule has 2 N–H and O–H groups in total. The molecule has 3 nitrogen and oxygen atoms in total. The number of halogens is 1. The first-order chi connectivity index (χ1) is 12.5. The molecule has 0 saturated carbocycles. The van der Waals surface area contributed by atoms with Gasteiger partial charge in [0.2, 0.25) is 0 Å². The minimum absolute atomic E-state index is 0.172. The number of carbonyl (C=O) groups is 1. The monoisotopic (exact) mass is 348 g/mol. The Kier molecular flexibility index (Phi) is 5.32. The van der Waals surface area contributed by atoms with Crippen LogP contribution in [0.5, 0.6) is 0 Å². The fraction of sp³-hybridized carbons (Fsp3) is 0.136. The third-order valence-corrected chi connectivity index (χ3v) is 4.20. The van der Waals surface area contributed by atoms with Gasteiger partial charge in [-0.2, -0.15) is 0 Å². The zero-order valence-electron chi connectivity index (χ0n) is 14.8. The number of aryl methyl sites for hydroxylation is 2. The molecule has 0 radical (unpaired) electrons. The second-order valence-corrected chi connectivity index (χ2v) is 6.30. The van der Waals surface area contributed by atoms with Crippen molar-refractivity contribution in [1.29, 1.82) is 0 Å². The van der Waals surface area contributed by atoms with Gasteiger partial charge in [-0.05, 0) is 60.9 Å². The SMILES string of the molecule is Cc1ccc(C)c(NC(=O)[C@H](Nc2ccc(F)cc2)c2ccccc2)c1. The average molecular weight is 348 g/mol. The molecule has 3 aromatic carbocycles. The van der Waals surface area contributed by atoms with Gasteiger partial charge in [0.15, 0.2) is 0 Å². The Balaban J connectivity index is 1.88. The number of anilines is 2. The summed E-state index contributed by atoms with van der Waals surface area (Å²) < 4.78 is 13.2. The molecule has 0 aliphatic carbocycles. The van der Waals surface area contributed by atoms with Crippen LogP contribution in [0, 0.1) is 19.7 Å². The number of rotatable bonds is 5. The predicted molar refractivity (Wildman–Crippen MR) is 104 cm³/mol. The minimum Gasteiger partial charge on any atom is -0.370 e. The first kappa shape index (κ1) is 17.7. The molecule has 0 saturated heterocycles. The number of carbonyl (C=O) groups excluding carboxylic acids is 1. The summed E-state index contributed by atoms with van der Waals surface area (Å²) in [5, 5.41) is 6.20. The van der Waals surface area contributed by atoms with Crippen molar-refractivity contribution < 1.29 is 9.18 Å². The Morgan fingerprint density at radius 1 is 0.923 bits per heavy atom. The van der Waals surface area contributed by atoms with Crippen molar-refractivity contribution >= 4 is 17.3 Å². The second kappa shape index (κ2) is 7.83. The third kappa shape index (κ3) is 4.28.